The van der Waals surface area contributed by atoms with Crippen LogP contribution in [0.2, 0.25) is 0 Å². The predicted octanol–water partition coefficient (Wildman–Crippen LogP) is 2.76. The van der Waals surface area contributed by atoms with Crippen molar-refractivity contribution in [1.82, 2.24) is 0 Å². The zero-order valence-corrected chi connectivity index (χ0v) is 12.6. The normalized spacial score (nSPS) is 11.1. The van der Waals surface area contributed by atoms with Crippen molar-refractivity contribution in [2.45, 2.75) is 13.5 Å². The Bertz CT molecular complexity index is 924. The van der Waals surface area contributed by atoms with Gasteiger partial charge in [0.1, 0.15) is 5.58 Å². The number of aryl methyl sites for hydroxylation is 1. The monoisotopic (exact) mass is 300 g/mol. The van der Waals surface area contributed by atoms with E-state index >= 15 is 0 Å². The van der Waals surface area contributed by atoms with Crippen LogP contribution in [0.5, 0.6) is 11.5 Å². The van der Waals surface area contributed by atoms with Crippen molar-refractivity contribution in [3.8, 4) is 11.5 Å². The van der Waals surface area contributed by atoms with Crippen LogP contribution in [0.1, 0.15) is 11.1 Å². The molecule has 0 bridgehead atoms. The predicted molar refractivity (Wildman–Crippen MR) is 83.8 cm³/mol. The average molecular weight is 300 g/mol. The maximum absolute atomic E-state index is 12.8. The first-order valence-corrected chi connectivity index (χ1v) is 6.82. The maximum Gasteiger partial charge on any atom is 0.204 e. The second-order valence-electron chi connectivity index (χ2n) is 5.05. The number of methoxy groups -OCH3 is 2. The zero-order chi connectivity index (χ0) is 15.9. The lowest BCUT2D eigenvalue weighted by molar-refractivity contribution is 0.282. The molecule has 3 rings (SSSR count). The van der Waals surface area contributed by atoms with E-state index in [1.165, 1.54) is 14.2 Å². The van der Waals surface area contributed by atoms with Crippen LogP contribution in [0.4, 0.5) is 0 Å². The van der Waals surface area contributed by atoms with Crippen molar-refractivity contribution in [3.63, 3.8) is 0 Å². The molecule has 0 radical (unpaired) electrons. The summed E-state index contributed by atoms with van der Waals surface area (Å²) in [6, 6.07) is 6.79. The van der Waals surface area contributed by atoms with Crippen LogP contribution in [0.15, 0.2) is 33.5 Å². The molecular formula is C17H16O5. The first-order chi connectivity index (χ1) is 10.6. The highest BCUT2D eigenvalue weighted by Crippen LogP contribution is 2.37. The largest absolute Gasteiger partial charge is 0.493 e. The maximum atomic E-state index is 12.8. The van der Waals surface area contributed by atoms with E-state index in [9.17, 15) is 9.90 Å². The Morgan fingerprint density at radius 2 is 1.95 bits per heavy atom. The van der Waals surface area contributed by atoms with Gasteiger partial charge in [-0.15, -0.1) is 0 Å². The molecule has 0 saturated heterocycles. The third-order valence-electron chi connectivity index (χ3n) is 3.74. The van der Waals surface area contributed by atoms with Crippen LogP contribution in [-0.4, -0.2) is 19.3 Å². The number of aliphatic hydroxyl groups is 1. The molecule has 1 N–H and O–H groups in total. The highest BCUT2D eigenvalue weighted by atomic mass is 16.5. The number of hydrogen-bond acceptors (Lipinski definition) is 5. The number of ether oxygens (including phenoxy) is 2. The van der Waals surface area contributed by atoms with E-state index in [0.717, 1.165) is 5.56 Å². The molecule has 0 aliphatic heterocycles. The van der Waals surface area contributed by atoms with Crippen molar-refractivity contribution in [1.29, 1.82) is 0 Å². The van der Waals surface area contributed by atoms with Gasteiger partial charge in [0.25, 0.3) is 0 Å². The lowest BCUT2D eigenvalue weighted by Gasteiger charge is -2.12. The Balaban J connectivity index is 2.53. The topological polar surface area (TPSA) is 68.9 Å². The molecule has 0 aliphatic carbocycles. The molecule has 0 atom stereocenters. The van der Waals surface area contributed by atoms with Gasteiger partial charge >= 0.3 is 0 Å². The third-order valence-corrected chi connectivity index (χ3v) is 3.74. The molecule has 1 aromatic heterocycles. The van der Waals surface area contributed by atoms with Gasteiger partial charge in [0.2, 0.25) is 11.2 Å². The Hall–Kier alpha value is -2.53. The van der Waals surface area contributed by atoms with Gasteiger partial charge in [-0.25, -0.2) is 0 Å². The minimum Gasteiger partial charge on any atom is -0.493 e. The molecule has 0 unspecified atom stereocenters. The summed E-state index contributed by atoms with van der Waals surface area (Å²) in [6.45, 7) is 1.71. The number of fused-ring (bicyclic) bond motifs is 2. The van der Waals surface area contributed by atoms with Gasteiger partial charge < -0.3 is 19.0 Å². The number of benzene rings is 2. The van der Waals surface area contributed by atoms with Crippen LogP contribution in [-0.2, 0) is 6.61 Å². The van der Waals surface area contributed by atoms with Crippen molar-refractivity contribution in [2.24, 2.45) is 0 Å². The van der Waals surface area contributed by atoms with Crippen LogP contribution < -0.4 is 14.9 Å². The van der Waals surface area contributed by atoms with Crippen molar-refractivity contribution < 1.29 is 19.0 Å². The van der Waals surface area contributed by atoms with E-state index in [0.29, 0.717) is 39.0 Å². The molecule has 5 nitrogen and oxygen atoms in total. The van der Waals surface area contributed by atoms with Crippen LogP contribution in [0, 0.1) is 6.92 Å². The molecule has 22 heavy (non-hydrogen) atoms. The number of hydrogen-bond donors (Lipinski definition) is 1. The highest BCUT2D eigenvalue weighted by molar-refractivity contribution is 5.95. The summed E-state index contributed by atoms with van der Waals surface area (Å²) in [7, 11) is 3.03. The Morgan fingerprint density at radius 3 is 2.59 bits per heavy atom. The summed E-state index contributed by atoms with van der Waals surface area (Å²) in [6.07, 6.45) is 0. The summed E-state index contributed by atoms with van der Waals surface area (Å²) < 4.78 is 16.6. The Morgan fingerprint density at radius 1 is 1.18 bits per heavy atom. The minimum absolute atomic E-state index is 0.119. The molecule has 0 amide bonds. The standard InChI is InChI=1S/C17H16O5/c1-9-6-13(20-2)16(21-3)17-14(9)15(19)11-5-4-10(8-18)7-12(11)22-17/h4-7,18H,8H2,1-3H3. The van der Waals surface area contributed by atoms with E-state index in [-0.39, 0.29) is 12.0 Å². The van der Waals surface area contributed by atoms with Gasteiger partial charge in [-0.05, 0) is 36.2 Å². The molecule has 0 aliphatic rings. The fourth-order valence-corrected chi connectivity index (χ4v) is 2.65. The molecule has 2 aromatic carbocycles. The number of aliphatic hydroxyl groups excluding tert-OH is 1. The molecular weight excluding hydrogens is 284 g/mol. The third kappa shape index (κ3) is 2.02. The summed E-state index contributed by atoms with van der Waals surface area (Å²) in [5.74, 6) is 0.893. The highest BCUT2D eigenvalue weighted by Gasteiger charge is 2.18. The zero-order valence-electron chi connectivity index (χ0n) is 12.6. The van der Waals surface area contributed by atoms with Gasteiger partial charge in [0.05, 0.1) is 31.6 Å². The van der Waals surface area contributed by atoms with Crippen LogP contribution >= 0.6 is 0 Å². The lowest BCUT2D eigenvalue weighted by Crippen LogP contribution is -2.06. The first kappa shape index (κ1) is 14.4. The van der Waals surface area contributed by atoms with E-state index < -0.39 is 0 Å². The van der Waals surface area contributed by atoms with Gasteiger partial charge in [-0.1, -0.05) is 6.07 Å². The summed E-state index contributed by atoms with van der Waals surface area (Å²) >= 11 is 0. The fraction of sp³-hybridized carbons (Fsp3) is 0.235. The minimum atomic E-state index is -0.126. The summed E-state index contributed by atoms with van der Waals surface area (Å²) in [5.41, 5.74) is 2.07. The van der Waals surface area contributed by atoms with Crippen molar-refractivity contribution in [2.75, 3.05) is 14.2 Å². The van der Waals surface area contributed by atoms with Crippen LogP contribution in [0.3, 0.4) is 0 Å². The summed E-state index contributed by atoms with van der Waals surface area (Å²) in [5, 5.41) is 10.2. The molecule has 0 fully saturated rings. The molecule has 114 valence electrons. The lowest BCUT2D eigenvalue weighted by atomic mass is 10.1. The second kappa shape index (κ2) is 5.35. The Kier molecular flexibility index (Phi) is 3.50. The van der Waals surface area contributed by atoms with Crippen molar-refractivity contribution >= 4 is 21.9 Å². The van der Waals surface area contributed by atoms with Gasteiger partial charge in [-0.3, -0.25) is 4.79 Å². The van der Waals surface area contributed by atoms with Crippen LogP contribution in [0.25, 0.3) is 21.9 Å². The summed E-state index contributed by atoms with van der Waals surface area (Å²) in [4.78, 5) is 12.8. The fourth-order valence-electron chi connectivity index (χ4n) is 2.65. The van der Waals surface area contributed by atoms with Gasteiger partial charge in [0.15, 0.2) is 11.3 Å². The Labute approximate surface area is 126 Å². The van der Waals surface area contributed by atoms with Gasteiger partial charge in [0, 0.05) is 0 Å². The average Bonchev–Trinajstić information content (AvgIpc) is 2.53. The second-order valence-corrected chi connectivity index (χ2v) is 5.05. The quantitative estimate of drug-likeness (QED) is 0.753. The SMILES string of the molecule is COc1cc(C)c2c(=O)c3ccc(CO)cc3oc2c1OC. The van der Waals surface area contributed by atoms with E-state index in [1.54, 1.807) is 24.3 Å². The molecule has 5 heteroatoms. The van der Waals surface area contributed by atoms with Gasteiger partial charge in [-0.2, -0.15) is 0 Å². The van der Waals surface area contributed by atoms with E-state index in [1.807, 2.05) is 6.92 Å². The molecule has 1 heterocycles. The van der Waals surface area contributed by atoms with E-state index in [4.69, 9.17) is 13.9 Å². The molecule has 3 aromatic rings. The smallest absolute Gasteiger partial charge is 0.204 e. The number of rotatable bonds is 3. The van der Waals surface area contributed by atoms with E-state index in [2.05, 4.69) is 0 Å². The van der Waals surface area contributed by atoms with Crippen molar-refractivity contribution in [3.05, 3.63) is 45.6 Å². The molecule has 0 saturated carbocycles. The first-order valence-electron chi connectivity index (χ1n) is 6.82. The molecule has 0 spiro atoms.